The Morgan fingerprint density at radius 2 is 1.83 bits per heavy atom. The van der Waals surface area contributed by atoms with Crippen LogP contribution in [0.1, 0.15) is 42.4 Å². The predicted molar refractivity (Wildman–Crippen MR) is 89.0 cm³/mol. The van der Waals surface area contributed by atoms with Crippen molar-refractivity contribution in [3.05, 3.63) is 28.8 Å². The second-order valence-corrected chi connectivity index (χ2v) is 6.91. The van der Waals surface area contributed by atoms with E-state index in [-0.39, 0.29) is 6.04 Å². The van der Waals surface area contributed by atoms with Gasteiger partial charge in [-0.05, 0) is 68.4 Å². The number of carbonyl (C=O) groups is 1. The van der Waals surface area contributed by atoms with Crippen molar-refractivity contribution in [3.8, 4) is 5.75 Å². The van der Waals surface area contributed by atoms with Crippen molar-refractivity contribution in [1.29, 1.82) is 0 Å². The van der Waals surface area contributed by atoms with Gasteiger partial charge in [-0.2, -0.15) is 0 Å². The summed E-state index contributed by atoms with van der Waals surface area (Å²) in [4.78, 5) is 13.5. The van der Waals surface area contributed by atoms with Crippen LogP contribution in [0.15, 0.2) is 12.1 Å². The van der Waals surface area contributed by atoms with Crippen molar-refractivity contribution >= 4 is 6.09 Å². The van der Waals surface area contributed by atoms with Gasteiger partial charge in [-0.15, -0.1) is 0 Å². The van der Waals surface area contributed by atoms with Gasteiger partial charge < -0.3 is 15.2 Å². The van der Waals surface area contributed by atoms with Crippen molar-refractivity contribution < 1.29 is 14.6 Å². The van der Waals surface area contributed by atoms with Gasteiger partial charge >= 0.3 is 6.09 Å². The van der Waals surface area contributed by atoms with Gasteiger partial charge in [-0.25, -0.2) is 4.79 Å². The van der Waals surface area contributed by atoms with Gasteiger partial charge in [0.1, 0.15) is 5.75 Å². The summed E-state index contributed by atoms with van der Waals surface area (Å²) in [6.45, 7) is 5.24. The number of piperidine rings is 1. The quantitative estimate of drug-likeness (QED) is 0.895. The molecule has 0 aliphatic carbocycles. The number of methoxy groups -OCH3 is 1. The first-order valence-corrected chi connectivity index (χ1v) is 8.37. The molecule has 2 N–H and O–H groups in total. The summed E-state index contributed by atoms with van der Waals surface area (Å²) in [5.74, 6) is 0.913. The lowest BCUT2D eigenvalue weighted by Crippen LogP contribution is -2.49. The molecule has 5 heteroatoms. The van der Waals surface area contributed by atoms with E-state index in [1.165, 1.54) is 29.5 Å². The predicted octanol–water partition coefficient (Wildman–Crippen LogP) is 3.08. The van der Waals surface area contributed by atoms with Gasteiger partial charge in [0.05, 0.1) is 7.11 Å². The summed E-state index contributed by atoms with van der Waals surface area (Å²) < 4.78 is 5.35. The number of hydrogen-bond acceptors (Lipinski definition) is 3. The number of fused-ring (bicyclic) bond motifs is 2. The lowest BCUT2D eigenvalue weighted by molar-refractivity contribution is 0.106. The second kappa shape index (κ2) is 6.40. The smallest absolute Gasteiger partial charge is 0.404 e. The van der Waals surface area contributed by atoms with Crippen molar-refractivity contribution in [1.82, 2.24) is 10.2 Å². The van der Waals surface area contributed by atoms with Crippen molar-refractivity contribution in [2.75, 3.05) is 7.11 Å². The van der Waals surface area contributed by atoms with Crippen molar-refractivity contribution in [2.24, 2.45) is 0 Å². The van der Waals surface area contributed by atoms with Gasteiger partial charge in [0.25, 0.3) is 0 Å². The SMILES string of the molecule is COc1cc(C)c(CN2C3CCC2CC(NC(=O)O)C3)c(C)c1. The molecule has 126 valence electrons. The van der Waals surface area contributed by atoms with Gasteiger partial charge in [0, 0.05) is 24.7 Å². The number of hydrogen-bond donors (Lipinski definition) is 2. The number of carboxylic acid groups (broad SMARTS) is 1. The second-order valence-electron chi connectivity index (χ2n) is 6.91. The lowest BCUT2D eigenvalue weighted by atomic mass is 9.95. The number of benzene rings is 1. The lowest BCUT2D eigenvalue weighted by Gasteiger charge is -2.39. The summed E-state index contributed by atoms with van der Waals surface area (Å²) >= 11 is 0. The highest BCUT2D eigenvalue weighted by molar-refractivity contribution is 5.64. The van der Waals surface area contributed by atoms with Crippen LogP contribution in [0.5, 0.6) is 5.75 Å². The molecule has 0 radical (unpaired) electrons. The highest BCUT2D eigenvalue weighted by Crippen LogP contribution is 2.38. The van der Waals surface area contributed by atoms with Crippen LogP contribution in [-0.2, 0) is 6.54 Å². The molecule has 1 amide bonds. The van der Waals surface area contributed by atoms with Crippen LogP contribution < -0.4 is 10.1 Å². The third-order valence-corrected chi connectivity index (χ3v) is 5.46. The summed E-state index contributed by atoms with van der Waals surface area (Å²) in [5.41, 5.74) is 3.92. The fraction of sp³-hybridized carbons (Fsp3) is 0.611. The molecular formula is C18H26N2O3. The average Bonchev–Trinajstić information content (AvgIpc) is 2.71. The third kappa shape index (κ3) is 3.29. The number of rotatable bonds is 4. The van der Waals surface area contributed by atoms with E-state index < -0.39 is 6.09 Å². The van der Waals surface area contributed by atoms with Crippen molar-refractivity contribution in [2.45, 2.75) is 64.2 Å². The van der Waals surface area contributed by atoms with Crippen LogP contribution in [0.25, 0.3) is 0 Å². The molecule has 2 saturated heterocycles. The zero-order valence-corrected chi connectivity index (χ0v) is 14.1. The monoisotopic (exact) mass is 318 g/mol. The summed E-state index contributed by atoms with van der Waals surface area (Å²) in [7, 11) is 1.70. The highest BCUT2D eigenvalue weighted by atomic mass is 16.5. The van der Waals surface area contributed by atoms with Crippen LogP contribution >= 0.6 is 0 Å². The molecule has 1 aromatic rings. The molecular weight excluding hydrogens is 292 g/mol. The molecule has 0 saturated carbocycles. The van der Waals surface area contributed by atoms with Crippen molar-refractivity contribution in [3.63, 3.8) is 0 Å². The molecule has 2 atom stereocenters. The molecule has 23 heavy (non-hydrogen) atoms. The van der Waals surface area contributed by atoms with Gasteiger partial charge in [0.15, 0.2) is 0 Å². The minimum atomic E-state index is -0.898. The molecule has 3 rings (SSSR count). The van der Waals surface area contributed by atoms with Crippen LogP contribution in [0.2, 0.25) is 0 Å². The first kappa shape index (κ1) is 16.1. The van der Waals surface area contributed by atoms with Gasteiger partial charge in [-0.3, -0.25) is 4.90 Å². The van der Waals surface area contributed by atoms with Gasteiger partial charge in [-0.1, -0.05) is 0 Å². The standard InChI is InChI=1S/C18H26N2O3/c1-11-6-16(23-3)7-12(2)17(11)10-20-14-4-5-15(20)9-13(8-14)19-18(21)22/h6-7,13-15,19H,4-5,8-10H2,1-3H3,(H,21,22). The minimum absolute atomic E-state index is 0.110. The molecule has 2 aliphatic rings. The molecule has 5 nitrogen and oxygen atoms in total. The molecule has 2 bridgehead atoms. The Balaban J connectivity index is 1.74. The number of amides is 1. The third-order valence-electron chi connectivity index (χ3n) is 5.46. The molecule has 2 heterocycles. The Morgan fingerprint density at radius 1 is 1.26 bits per heavy atom. The Kier molecular flexibility index (Phi) is 4.48. The zero-order chi connectivity index (χ0) is 16.6. The average molecular weight is 318 g/mol. The van der Waals surface area contributed by atoms with E-state index in [2.05, 4.69) is 36.2 Å². The van der Waals surface area contributed by atoms with Crippen LogP contribution in [-0.4, -0.2) is 41.3 Å². The fourth-order valence-corrected chi connectivity index (χ4v) is 4.33. The zero-order valence-electron chi connectivity index (χ0n) is 14.1. The van der Waals surface area contributed by atoms with E-state index in [1.54, 1.807) is 7.11 Å². The van der Waals surface area contributed by atoms with E-state index in [9.17, 15) is 4.79 Å². The Morgan fingerprint density at radius 3 is 2.30 bits per heavy atom. The number of nitrogens with one attached hydrogen (secondary N) is 1. The maximum atomic E-state index is 10.9. The Hall–Kier alpha value is -1.75. The first-order chi connectivity index (χ1) is 11.0. The maximum Gasteiger partial charge on any atom is 0.404 e. The van der Waals surface area contributed by atoms with E-state index in [0.717, 1.165) is 25.1 Å². The summed E-state index contributed by atoms with van der Waals surface area (Å²) in [6, 6.07) is 5.30. The normalized spacial score (nSPS) is 27.0. The summed E-state index contributed by atoms with van der Waals surface area (Å²) in [5, 5.41) is 11.6. The Bertz CT molecular complexity index is 565. The molecule has 2 aliphatic heterocycles. The molecule has 0 aromatic heterocycles. The van der Waals surface area contributed by atoms with Crippen LogP contribution in [0.4, 0.5) is 4.79 Å². The van der Waals surface area contributed by atoms with E-state index in [0.29, 0.717) is 12.1 Å². The van der Waals surface area contributed by atoms with Crippen LogP contribution in [0, 0.1) is 13.8 Å². The van der Waals surface area contributed by atoms with Crippen LogP contribution in [0.3, 0.4) is 0 Å². The first-order valence-electron chi connectivity index (χ1n) is 8.37. The number of ether oxygens (including phenoxy) is 1. The number of aryl methyl sites for hydroxylation is 2. The Labute approximate surface area is 137 Å². The maximum absolute atomic E-state index is 10.9. The topological polar surface area (TPSA) is 61.8 Å². The molecule has 2 fully saturated rings. The molecule has 0 spiro atoms. The van der Waals surface area contributed by atoms with E-state index >= 15 is 0 Å². The van der Waals surface area contributed by atoms with E-state index in [4.69, 9.17) is 9.84 Å². The fourth-order valence-electron chi connectivity index (χ4n) is 4.33. The van der Waals surface area contributed by atoms with Gasteiger partial charge in [0.2, 0.25) is 0 Å². The molecule has 1 aromatic carbocycles. The highest BCUT2D eigenvalue weighted by Gasteiger charge is 2.41. The minimum Gasteiger partial charge on any atom is -0.497 e. The molecule has 2 unspecified atom stereocenters. The number of nitrogens with zero attached hydrogens (tertiary/aromatic N) is 1. The van der Waals surface area contributed by atoms with E-state index in [1.807, 2.05) is 0 Å². The largest absolute Gasteiger partial charge is 0.497 e. The summed E-state index contributed by atoms with van der Waals surface area (Å²) in [6.07, 6.45) is 3.31.